The van der Waals surface area contributed by atoms with Crippen LogP contribution >= 0.6 is 11.8 Å². The standard InChI is InChI=1S/C12H18N2O5S2/c1-8-9(5-10(19-8)21(17,18)13-2)11(15)14-6-12(16)3-4-20-7-12/h5,13,16H,3-4,6-7H2,1-2H3,(H,14,15). The minimum absolute atomic E-state index is 0.136. The fraction of sp³-hybridized carbons (Fsp3) is 0.583. The van der Waals surface area contributed by atoms with Crippen molar-refractivity contribution in [3.8, 4) is 0 Å². The molecule has 1 aromatic heterocycles. The minimum Gasteiger partial charge on any atom is -0.448 e. The molecule has 0 radical (unpaired) electrons. The van der Waals surface area contributed by atoms with Crippen LogP contribution in [0, 0.1) is 6.92 Å². The maximum Gasteiger partial charge on any atom is 0.273 e. The molecule has 2 rings (SSSR count). The van der Waals surface area contributed by atoms with Crippen LogP contribution in [-0.2, 0) is 10.0 Å². The zero-order chi connectivity index (χ0) is 15.7. The summed E-state index contributed by atoms with van der Waals surface area (Å²) in [4.78, 5) is 12.1. The first-order valence-corrected chi connectivity index (χ1v) is 9.03. The van der Waals surface area contributed by atoms with Crippen molar-refractivity contribution in [3.05, 3.63) is 17.4 Å². The van der Waals surface area contributed by atoms with Gasteiger partial charge in [-0.2, -0.15) is 11.8 Å². The molecule has 1 amide bonds. The Labute approximate surface area is 127 Å². The molecular weight excluding hydrogens is 316 g/mol. The lowest BCUT2D eigenvalue weighted by molar-refractivity contribution is 0.0612. The topological polar surface area (TPSA) is 109 Å². The molecule has 0 aliphatic carbocycles. The molecule has 2 heterocycles. The number of carbonyl (C=O) groups is 1. The van der Waals surface area contributed by atoms with Crippen molar-refractivity contribution in [1.82, 2.24) is 10.0 Å². The first-order chi connectivity index (χ1) is 9.77. The Morgan fingerprint density at radius 1 is 1.57 bits per heavy atom. The highest BCUT2D eigenvalue weighted by Crippen LogP contribution is 2.27. The van der Waals surface area contributed by atoms with Crippen LogP contribution in [0.25, 0.3) is 0 Å². The maximum atomic E-state index is 12.1. The summed E-state index contributed by atoms with van der Waals surface area (Å²) in [7, 11) is -2.46. The van der Waals surface area contributed by atoms with Gasteiger partial charge in [0.05, 0.1) is 11.2 Å². The number of amides is 1. The van der Waals surface area contributed by atoms with Crippen molar-refractivity contribution in [2.45, 2.75) is 24.0 Å². The molecule has 1 aromatic rings. The van der Waals surface area contributed by atoms with Gasteiger partial charge in [0.1, 0.15) is 5.76 Å². The van der Waals surface area contributed by atoms with E-state index in [1.165, 1.54) is 20.0 Å². The summed E-state index contributed by atoms with van der Waals surface area (Å²) in [6, 6.07) is 1.18. The average Bonchev–Trinajstić information content (AvgIpc) is 3.03. The van der Waals surface area contributed by atoms with Gasteiger partial charge in [0.2, 0.25) is 5.09 Å². The number of thioether (sulfide) groups is 1. The highest BCUT2D eigenvalue weighted by molar-refractivity contribution is 7.99. The van der Waals surface area contributed by atoms with Crippen LogP contribution in [0.15, 0.2) is 15.6 Å². The van der Waals surface area contributed by atoms with Crippen LogP contribution in [0.2, 0.25) is 0 Å². The van der Waals surface area contributed by atoms with Crippen LogP contribution in [0.5, 0.6) is 0 Å². The summed E-state index contributed by atoms with van der Waals surface area (Å²) in [6.07, 6.45) is 0.627. The van der Waals surface area contributed by atoms with Gasteiger partial charge in [0.25, 0.3) is 15.9 Å². The van der Waals surface area contributed by atoms with Crippen LogP contribution in [0.1, 0.15) is 22.5 Å². The third kappa shape index (κ3) is 3.60. The largest absolute Gasteiger partial charge is 0.448 e. The van der Waals surface area contributed by atoms with E-state index in [1.807, 2.05) is 0 Å². The highest BCUT2D eigenvalue weighted by atomic mass is 32.2. The van der Waals surface area contributed by atoms with E-state index in [0.717, 1.165) is 5.75 Å². The molecule has 3 N–H and O–H groups in total. The summed E-state index contributed by atoms with van der Waals surface area (Å²) >= 11 is 1.63. The van der Waals surface area contributed by atoms with E-state index < -0.39 is 21.5 Å². The number of hydrogen-bond donors (Lipinski definition) is 3. The van der Waals surface area contributed by atoms with E-state index in [-0.39, 0.29) is 23.0 Å². The lowest BCUT2D eigenvalue weighted by Gasteiger charge is -2.21. The zero-order valence-electron chi connectivity index (χ0n) is 11.8. The first-order valence-electron chi connectivity index (χ1n) is 6.40. The van der Waals surface area contributed by atoms with E-state index in [9.17, 15) is 18.3 Å². The molecule has 1 fully saturated rings. The third-order valence-corrected chi connectivity index (χ3v) is 5.84. The molecule has 9 heteroatoms. The Morgan fingerprint density at radius 3 is 2.86 bits per heavy atom. The van der Waals surface area contributed by atoms with E-state index in [1.54, 1.807) is 11.8 Å². The molecule has 0 saturated carbocycles. The molecule has 1 unspecified atom stereocenters. The number of hydrogen-bond acceptors (Lipinski definition) is 6. The second kappa shape index (κ2) is 5.99. The van der Waals surface area contributed by atoms with Crippen LogP contribution in [0.4, 0.5) is 0 Å². The van der Waals surface area contributed by atoms with Gasteiger partial charge < -0.3 is 14.8 Å². The first kappa shape index (κ1) is 16.3. The molecule has 1 saturated heterocycles. The molecule has 0 bridgehead atoms. The van der Waals surface area contributed by atoms with E-state index in [4.69, 9.17) is 4.42 Å². The van der Waals surface area contributed by atoms with Gasteiger partial charge >= 0.3 is 0 Å². The van der Waals surface area contributed by atoms with Gasteiger partial charge in [0, 0.05) is 18.4 Å². The Balaban J connectivity index is 2.09. The number of sulfonamides is 1. The summed E-state index contributed by atoms with van der Waals surface area (Å²) in [5, 5.41) is 12.5. The molecule has 21 heavy (non-hydrogen) atoms. The molecular formula is C12H18N2O5S2. The quantitative estimate of drug-likeness (QED) is 0.704. The molecule has 7 nitrogen and oxygen atoms in total. The van der Waals surface area contributed by atoms with Crippen molar-refractivity contribution < 1.29 is 22.7 Å². The lowest BCUT2D eigenvalue weighted by Crippen LogP contribution is -2.43. The van der Waals surface area contributed by atoms with Crippen LogP contribution < -0.4 is 10.0 Å². The molecule has 0 aromatic carbocycles. The highest BCUT2D eigenvalue weighted by Gasteiger charge is 2.32. The molecule has 1 aliphatic rings. The van der Waals surface area contributed by atoms with Crippen LogP contribution in [-0.4, -0.2) is 50.1 Å². The Kier molecular flexibility index (Phi) is 4.66. The lowest BCUT2D eigenvalue weighted by atomic mass is 10.0. The number of aliphatic hydroxyl groups is 1. The summed E-state index contributed by atoms with van der Waals surface area (Å²) in [5.74, 6) is 1.20. The van der Waals surface area contributed by atoms with E-state index >= 15 is 0 Å². The maximum absolute atomic E-state index is 12.1. The average molecular weight is 334 g/mol. The van der Waals surface area contributed by atoms with Crippen molar-refractivity contribution in [3.63, 3.8) is 0 Å². The van der Waals surface area contributed by atoms with Crippen LogP contribution in [0.3, 0.4) is 0 Å². The minimum atomic E-state index is -3.73. The Hall–Kier alpha value is -1.03. The van der Waals surface area contributed by atoms with Crippen molar-refractivity contribution in [2.75, 3.05) is 25.1 Å². The molecule has 118 valence electrons. The number of rotatable bonds is 5. The fourth-order valence-electron chi connectivity index (χ4n) is 1.99. The van der Waals surface area contributed by atoms with Crippen molar-refractivity contribution in [1.29, 1.82) is 0 Å². The monoisotopic (exact) mass is 334 g/mol. The number of aryl methyl sites for hydroxylation is 1. The Morgan fingerprint density at radius 2 is 2.29 bits per heavy atom. The number of carbonyl (C=O) groups excluding carboxylic acids is 1. The fourth-order valence-corrected chi connectivity index (χ4v) is 3.99. The van der Waals surface area contributed by atoms with Gasteiger partial charge in [-0.15, -0.1) is 0 Å². The number of nitrogens with one attached hydrogen (secondary N) is 2. The normalized spacial score (nSPS) is 22.4. The summed E-state index contributed by atoms with van der Waals surface area (Å²) < 4.78 is 30.5. The zero-order valence-corrected chi connectivity index (χ0v) is 13.4. The second-order valence-electron chi connectivity index (χ2n) is 4.95. The number of furan rings is 1. The van der Waals surface area contributed by atoms with Gasteiger partial charge in [0.15, 0.2) is 0 Å². The third-order valence-electron chi connectivity index (χ3n) is 3.33. The smallest absolute Gasteiger partial charge is 0.273 e. The van der Waals surface area contributed by atoms with Gasteiger partial charge in [-0.1, -0.05) is 0 Å². The molecule has 1 aliphatic heterocycles. The molecule has 1 atom stereocenters. The predicted octanol–water partition coefficient (Wildman–Crippen LogP) is 0.0939. The van der Waals surface area contributed by atoms with E-state index in [2.05, 4.69) is 10.0 Å². The van der Waals surface area contributed by atoms with Gasteiger partial charge in [-0.25, -0.2) is 13.1 Å². The second-order valence-corrected chi connectivity index (χ2v) is 7.88. The SMILES string of the molecule is CNS(=O)(=O)c1cc(C(=O)NCC2(O)CCSC2)c(C)o1. The predicted molar refractivity (Wildman–Crippen MR) is 78.9 cm³/mol. The van der Waals surface area contributed by atoms with Crippen molar-refractivity contribution in [2.24, 2.45) is 0 Å². The summed E-state index contributed by atoms with van der Waals surface area (Å²) in [6.45, 7) is 1.65. The van der Waals surface area contributed by atoms with E-state index in [0.29, 0.717) is 12.2 Å². The van der Waals surface area contributed by atoms with Gasteiger partial charge in [-0.05, 0) is 26.1 Å². The van der Waals surface area contributed by atoms with Gasteiger partial charge in [-0.3, -0.25) is 4.79 Å². The summed E-state index contributed by atoms with van der Waals surface area (Å²) in [5.41, 5.74) is -0.740. The Bertz CT molecular complexity index is 632. The van der Waals surface area contributed by atoms with Crippen molar-refractivity contribution >= 4 is 27.7 Å². The molecule has 0 spiro atoms.